The number of carbonyl (C=O) groups is 1. The van der Waals surface area contributed by atoms with Crippen LogP contribution in [0.15, 0.2) is 0 Å². The van der Waals surface area contributed by atoms with E-state index in [1.807, 2.05) is 13.8 Å². The Kier molecular flexibility index (Phi) is 7.16. The van der Waals surface area contributed by atoms with Crippen molar-refractivity contribution in [3.8, 4) is 0 Å². The van der Waals surface area contributed by atoms with Crippen LogP contribution in [0.1, 0.15) is 33.1 Å². The lowest BCUT2D eigenvalue weighted by Crippen LogP contribution is -2.36. The standard InChI is InChI=1S/C12H24N2O3/c1-3-16-12(17-4-2)7-8-13-9-11(15)14-10-5-6-10/h10,12-13H,3-9H2,1-2H3,(H,14,15). The Morgan fingerprint density at radius 2 is 1.94 bits per heavy atom. The molecule has 0 bridgehead atoms. The highest BCUT2D eigenvalue weighted by atomic mass is 16.7. The van der Waals surface area contributed by atoms with E-state index in [0.29, 0.717) is 25.8 Å². The summed E-state index contributed by atoms with van der Waals surface area (Å²) in [5, 5.41) is 6.02. The molecule has 0 radical (unpaired) electrons. The molecule has 0 spiro atoms. The van der Waals surface area contributed by atoms with E-state index in [0.717, 1.165) is 25.8 Å². The van der Waals surface area contributed by atoms with Gasteiger partial charge in [0.15, 0.2) is 6.29 Å². The van der Waals surface area contributed by atoms with E-state index in [1.54, 1.807) is 0 Å². The molecule has 100 valence electrons. The monoisotopic (exact) mass is 244 g/mol. The fourth-order valence-electron chi connectivity index (χ4n) is 1.51. The van der Waals surface area contributed by atoms with Gasteiger partial charge in [0.1, 0.15) is 0 Å². The molecule has 0 aliphatic heterocycles. The molecule has 1 amide bonds. The van der Waals surface area contributed by atoms with Crippen LogP contribution in [0.5, 0.6) is 0 Å². The zero-order valence-corrected chi connectivity index (χ0v) is 10.8. The lowest BCUT2D eigenvalue weighted by Gasteiger charge is -2.16. The first kappa shape index (κ1) is 14.4. The number of rotatable bonds is 10. The van der Waals surface area contributed by atoms with E-state index in [1.165, 1.54) is 0 Å². The van der Waals surface area contributed by atoms with Gasteiger partial charge in [-0.15, -0.1) is 0 Å². The minimum atomic E-state index is -0.163. The molecule has 1 saturated carbocycles. The quantitative estimate of drug-likeness (QED) is 0.437. The molecule has 2 N–H and O–H groups in total. The first-order valence-electron chi connectivity index (χ1n) is 6.49. The van der Waals surface area contributed by atoms with E-state index in [9.17, 15) is 4.79 Å². The Balaban J connectivity index is 1.98. The summed E-state index contributed by atoms with van der Waals surface area (Å²) in [6.45, 7) is 6.29. The van der Waals surface area contributed by atoms with Crippen LogP contribution in [-0.2, 0) is 14.3 Å². The van der Waals surface area contributed by atoms with Gasteiger partial charge in [0.2, 0.25) is 5.91 Å². The number of ether oxygens (including phenoxy) is 2. The topological polar surface area (TPSA) is 59.6 Å². The summed E-state index contributed by atoms with van der Waals surface area (Å²) < 4.78 is 10.8. The maximum absolute atomic E-state index is 11.4. The molecule has 1 aliphatic rings. The summed E-state index contributed by atoms with van der Waals surface area (Å²) in [6.07, 6.45) is 2.85. The van der Waals surface area contributed by atoms with Crippen LogP contribution >= 0.6 is 0 Å². The molecular formula is C12H24N2O3. The zero-order chi connectivity index (χ0) is 12.5. The SMILES string of the molecule is CCOC(CCNCC(=O)NC1CC1)OCC. The second-order valence-electron chi connectivity index (χ2n) is 4.15. The lowest BCUT2D eigenvalue weighted by molar-refractivity contribution is -0.139. The zero-order valence-electron chi connectivity index (χ0n) is 10.8. The van der Waals surface area contributed by atoms with E-state index < -0.39 is 0 Å². The number of hydrogen-bond donors (Lipinski definition) is 2. The molecule has 17 heavy (non-hydrogen) atoms. The molecule has 0 aromatic heterocycles. The third kappa shape index (κ3) is 7.31. The Bertz CT molecular complexity index is 214. The normalized spacial score (nSPS) is 15.2. The average Bonchev–Trinajstić information content (AvgIpc) is 3.09. The minimum absolute atomic E-state index is 0.0804. The van der Waals surface area contributed by atoms with Crippen molar-refractivity contribution in [2.75, 3.05) is 26.3 Å². The molecule has 5 heteroatoms. The molecule has 5 nitrogen and oxygen atoms in total. The number of hydrogen-bond acceptors (Lipinski definition) is 4. The van der Waals surface area contributed by atoms with Crippen molar-refractivity contribution >= 4 is 5.91 Å². The molecule has 0 unspecified atom stereocenters. The van der Waals surface area contributed by atoms with Gasteiger partial charge in [-0.05, 0) is 26.7 Å². The first-order valence-corrected chi connectivity index (χ1v) is 6.49. The molecule has 1 fully saturated rings. The maximum atomic E-state index is 11.4. The van der Waals surface area contributed by atoms with E-state index in [-0.39, 0.29) is 12.2 Å². The Labute approximate surface area is 103 Å². The summed E-state index contributed by atoms with van der Waals surface area (Å²) in [7, 11) is 0. The average molecular weight is 244 g/mol. The first-order chi connectivity index (χ1) is 8.26. The van der Waals surface area contributed by atoms with Crippen LogP contribution in [-0.4, -0.2) is 44.5 Å². The maximum Gasteiger partial charge on any atom is 0.234 e. The van der Waals surface area contributed by atoms with Gasteiger partial charge >= 0.3 is 0 Å². The molecular weight excluding hydrogens is 220 g/mol. The predicted octanol–water partition coefficient (Wildman–Crippen LogP) is 0.644. The van der Waals surface area contributed by atoms with E-state index >= 15 is 0 Å². The fourth-order valence-corrected chi connectivity index (χ4v) is 1.51. The van der Waals surface area contributed by atoms with Gasteiger partial charge in [0.25, 0.3) is 0 Å². The largest absolute Gasteiger partial charge is 0.353 e. The summed E-state index contributed by atoms with van der Waals surface area (Å²) in [6, 6.07) is 0.434. The van der Waals surface area contributed by atoms with Crippen molar-refractivity contribution < 1.29 is 14.3 Å². The predicted molar refractivity (Wildman–Crippen MR) is 65.7 cm³/mol. The highest BCUT2D eigenvalue weighted by Gasteiger charge is 2.22. The van der Waals surface area contributed by atoms with Crippen molar-refractivity contribution in [3.63, 3.8) is 0 Å². The summed E-state index contributed by atoms with van der Waals surface area (Å²) in [5.74, 6) is 0.0804. The molecule has 0 heterocycles. The van der Waals surface area contributed by atoms with Crippen LogP contribution in [0, 0.1) is 0 Å². The summed E-state index contributed by atoms with van der Waals surface area (Å²) >= 11 is 0. The van der Waals surface area contributed by atoms with Gasteiger partial charge in [-0.25, -0.2) is 0 Å². The highest BCUT2D eigenvalue weighted by Crippen LogP contribution is 2.18. The van der Waals surface area contributed by atoms with Crippen LogP contribution in [0.3, 0.4) is 0 Å². The third-order valence-electron chi connectivity index (χ3n) is 2.49. The van der Waals surface area contributed by atoms with Crippen LogP contribution < -0.4 is 10.6 Å². The smallest absolute Gasteiger partial charge is 0.234 e. The van der Waals surface area contributed by atoms with Gasteiger partial charge in [0, 0.05) is 32.2 Å². The Hall–Kier alpha value is -0.650. The van der Waals surface area contributed by atoms with Gasteiger partial charge in [-0.2, -0.15) is 0 Å². The van der Waals surface area contributed by atoms with Gasteiger partial charge in [0.05, 0.1) is 6.54 Å². The summed E-state index contributed by atoms with van der Waals surface area (Å²) in [4.78, 5) is 11.4. The van der Waals surface area contributed by atoms with E-state index in [2.05, 4.69) is 10.6 Å². The lowest BCUT2D eigenvalue weighted by atomic mass is 10.4. The molecule has 1 aliphatic carbocycles. The van der Waals surface area contributed by atoms with Crippen molar-refractivity contribution in [1.29, 1.82) is 0 Å². The molecule has 0 aromatic rings. The second kappa shape index (κ2) is 8.44. The fraction of sp³-hybridized carbons (Fsp3) is 0.917. The van der Waals surface area contributed by atoms with Crippen LogP contribution in [0.25, 0.3) is 0 Å². The van der Waals surface area contributed by atoms with Crippen LogP contribution in [0.2, 0.25) is 0 Å². The Morgan fingerprint density at radius 1 is 1.29 bits per heavy atom. The van der Waals surface area contributed by atoms with Gasteiger partial charge in [-0.1, -0.05) is 0 Å². The van der Waals surface area contributed by atoms with Crippen molar-refractivity contribution in [1.82, 2.24) is 10.6 Å². The highest BCUT2D eigenvalue weighted by molar-refractivity contribution is 5.78. The molecule has 0 aromatic carbocycles. The number of carbonyl (C=O) groups excluding carboxylic acids is 1. The third-order valence-corrected chi connectivity index (χ3v) is 2.49. The Morgan fingerprint density at radius 3 is 2.47 bits per heavy atom. The molecule has 0 atom stereocenters. The minimum Gasteiger partial charge on any atom is -0.353 e. The number of amides is 1. The van der Waals surface area contributed by atoms with Crippen molar-refractivity contribution in [2.45, 2.75) is 45.4 Å². The van der Waals surface area contributed by atoms with Gasteiger partial charge in [-0.3, -0.25) is 4.79 Å². The van der Waals surface area contributed by atoms with Gasteiger partial charge < -0.3 is 20.1 Å². The second-order valence-corrected chi connectivity index (χ2v) is 4.15. The molecule has 0 saturated heterocycles. The van der Waals surface area contributed by atoms with Crippen LogP contribution in [0.4, 0.5) is 0 Å². The molecule has 1 rings (SSSR count). The number of nitrogens with one attached hydrogen (secondary N) is 2. The summed E-state index contributed by atoms with van der Waals surface area (Å²) in [5.41, 5.74) is 0. The van der Waals surface area contributed by atoms with E-state index in [4.69, 9.17) is 9.47 Å². The van der Waals surface area contributed by atoms with Crippen molar-refractivity contribution in [2.24, 2.45) is 0 Å². The van der Waals surface area contributed by atoms with Crippen molar-refractivity contribution in [3.05, 3.63) is 0 Å².